The van der Waals surface area contributed by atoms with Gasteiger partial charge in [-0.1, -0.05) is 42.5 Å². The molecule has 12 heteroatoms. The van der Waals surface area contributed by atoms with Crippen molar-refractivity contribution in [1.82, 2.24) is 14.9 Å². The van der Waals surface area contributed by atoms with Gasteiger partial charge in [0.1, 0.15) is 36.3 Å². The van der Waals surface area contributed by atoms with Gasteiger partial charge in [0.2, 0.25) is 5.43 Å². The predicted octanol–water partition coefficient (Wildman–Crippen LogP) is 2.45. The van der Waals surface area contributed by atoms with Crippen LogP contribution in [0.4, 0.5) is 13.2 Å². The topological polar surface area (TPSA) is 104 Å². The van der Waals surface area contributed by atoms with E-state index in [0.717, 1.165) is 6.20 Å². The number of amides is 2. The van der Waals surface area contributed by atoms with Crippen molar-refractivity contribution in [2.24, 2.45) is 0 Å². The number of rotatable bonds is 7. The van der Waals surface area contributed by atoms with Crippen molar-refractivity contribution in [2.75, 3.05) is 18.3 Å². The Balaban J connectivity index is 1.58. The fraction of sp³-hybridized carbons (Fsp3) is 0.250. The number of carbonyl (C=O) groups is 2. The first-order valence-corrected chi connectivity index (χ1v) is 12.4. The van der Waals surface area contributed by atoms with Crippen LogP contribution in [0.2, 0.25) is 0 Å². The molecule has 0 unspecified atom stereocenters. The van der Waals surface area contributed by atoms with E-state index >= 15 is 0 Å². The van der Waals surface area contributed by atoms with Crippen molar-refractivity contribution in [2.45, 2.75) is 32.2 Å². The Hall–Kier alpha value is -4.58. The summed E-state index contributed by atoms with van der Waals surface area (Å²) in [7, 11) is 0. The van der Waals surface area contributed by atoms with Crippen LogP contribution in [-0.2, 0) is 13.2 Å². The molecule has 0 aliphatic carbocycles. The van der Waals surface area contributed by atoms with E-state index in [1.54, 1.807) is 54.4 Å². The Bertz CT molecular complexity index is 1540. The summed E-state index contributed by atoms with van der Waals surface area (Å²) in [6.45, 7) is 0.736. The quantitative estimate of drug-likeness (QED) is 0.435. The third-order valence-electron chi connectivity index (χ3n) is 6.86. The fourth-order valence-electron chi connectivity index (χ4n) is 4.66. The molecule has 9 nitrogen and oxygen atoms in total. The SMILES string of the molecule is C[C@H]1C=C[C@H](CO)N2CN1C(=O)c1c(OCc3ccccc3)c(=O)c(C(=O)NCc3c(F)cc(F)cc3F)cn12. The van der Waals surface area contributed by atoms with Gasteiger partial charge >= 0.3 is 0 Å². The molecule has 0 fully saturated rings. The summed E-state index contributed by atoms with van der Waals surface area (Å²) in [6, 6.07) is 8.86. The van der Waals surface area contributed by atoms with Gasteiger partial charge in [0.15, 0.2) is 11.4 Å². The first-order chi connectivity index (χ1) is 19.2. The maximum Gasteiger partial charge on any atom is 0.278 e. The molecule has 0 saturated heterocycles. The van der Waals surface area contributed by atoms with Gasteiger partial charge in [0.05, 0.1) is 12.6 Å². The summed E-state index contributed by atoms with van der Waals surface area (Å²) in [4.78, 5) is 41.9. The van der Waals surface area contributed by atoms with Gasteiger partial charge < -0.3 is 20.1 Å². The molecule has 1 aromatic heterocycles. The zero-order chi connectivity index (χ0) is 28.6. The van der Waals surface area contributed by atoms with Crippen LogP contribution >= 0.6 is 0 Å². The maximum atomic E-state index is 14.1. The first kappa shape index (κ1) is 27.0. The van der Waals surface area contributed by atoms with Crippen LogP contribution in [0, 0.1) is 17.5 Å². The third kappa shape index (κ3) is 4.93. The van der Waals surface area contributed by atoms with Gasteiger partial charge in [-0.3, -0.25) is 24.1 Å². The van der Waals surface area contributed by atoms with Crippen LogP contribution in [0.25, 0.3) is 0 Å². The standard InChI is InChI=1S/C28H25F3N4O5/c1-16-7-8-19(13-36)35-15-33(16)28(39)24-26(40-14-17-5-3-2-4-6-17)25(37)21(12-34(24)35)27(38)32-11-20-22(30)9-18(29)10-23(20)31/h2-10,12,16,19,36H,11,13-15H2,1H3,(H,32,38)/t16-,19+/m0/s1. The summed E-state index contributed by atoms with van der Waals surface area (Å²) >= 11 is 0. The monoisotopic (exact) mass is 554 g/mol. The van der Waals surface area contributed by atoms with E-state index in [4.69, 9.17) is 4.74 Å². The first-order valence-electron chi connectivity index (χ1n) is 12.4. The normalized spacial score (nSPS) is 17.9. The summed E-state index contributed by atoms with van der Waals surface area (Å²) in [6.07, 6.45) is 4.62. The molecular formula is C28H25F3N4O5. The van der Waals surface area contributed by atoms with Crippen molar-refractivity contribution >= 4 is 11.8 Å². The molecule has 40 heavy (non-hydrogen) atoms. The van der Waals surface area contributed by atoms with Crippen LogP contribution in [0.5, 0.6) is 5.75 Å². The highest BCUT2D eigenvalue weighted by Gasteiger charge is 2.39. The van der Waals surface area contributed by atoms with Crippen LogP contribution in [0.1, 0.15) is 38.9 Å². The molecule has 2 bridgehead atoms. The van der Waals surface area contributed by atoms with Crippen molar-refractivity contribution in [3.05, 3.63) is 111 Å². The summed E-state index contributed by atoms with van der Waals surface area (Å²) < 4.78 is 48.7. The van der Waals surface area contributed by atoms with E-state index in [1.165, 1.54) is 9.58 Å². The number of ether oxygens (including phenoxy) is 1. The molecule has 0 spiro atoms. The highest BCUT2D eigenvalue weighted by atomic mass is 19.1. The number of aliphatic hydroxyl groups excluding tert-OH is 1. The lowest BCUT2D eigenvalue weighted by Gasteiger charge is -2.42. The minimum absolute atomic E-state index is 0.0410. The molecule has 3 aromatic rings. The summed E-state index contributed by atoms with van der Waals surface area (Å²) in [5.41, 5.74) is -1.40. The number of pyridine rings is 1. The van der Waals surface area contributed by atoms with E-state index in [9.17, 15) is 32.7 Å². The second-order valence-corrected chi connectivity index (χ2v) is 9.43. The van der Waals surface area contributed by atoms with E-state index in [1.807, 2.05) is 0 Å². The van der Waals surface area contributed by atoms with E-state index in [-0.39, 0.29) is 37.4 Å². The molecule has 3 heterocycles. The van der Waals surface area contributed by atoms with E-state index in [2.05, 4.69) is 5.32 Å². The van der Waals surface area contributed by atoms with Gasteiger partial charge in [0, 0.05) is 36.5 Å². The number of fused-ring (bicyclic) bond motifs is 4. The largest absolute Gasteiger partial charge is 0.482 e. The van der Waals surface area contributed by atoms with Crippen molar-refractivity contribution in [3.63, 3.8) is 0 Å². The number of nitrogens with one attached hydrogen (secondary N) is 1. The molecule has 5 rings (SSSR count). The minimum atomic E-state index is -1.20. The van der Waals surface area contributed by atoms with Crippen LogP contribution in [0.3, 0.4) is 0 Å². The van der Waals surface area contributed by atoms with Crippen molar-refractivity contribution in [1.29, 1.82) is 0 Å². The highest BCUT2D eigenvalue weighted by molar-refractivity contribution is 5.99. The second-order valence-electron chi connectivity index (χ2n) is 9.43. The second kappa shape index (κ2) is 10.9. The van der Waals surface area contributed by atoms with Crippen molar-refractivity contribution < 1.29 is 32.6 Å². The lowest BCUT2D eigenvalue weighted by atomic mass is 10.1. The fourth-order valence-corrected chi connectivity index (χ4v) is 4.66. The molecular weight excluding hydrogens is 529 g/mol. The van der Waals surface area contributed by atoms with Gasteiger partial charge in [0.25, 0.3) is 11.8 Å². The van der Waals surface area contributed by atoms with Gasteiger partial charge in [-0.25, -0.2) is 13.2 Å². The number of hydrogen-bond donors (Lipinski definition) is 2. The van der Waals surface area contributed by atoms with Crippen molar-refractivity contribution in [3.8, 4) is 5.75 Å². The number of halogens is 3. The molecule has 2 aromatic carbocycles. The molecule has 2 aliphatic rings. The average molecular weight is 555 g/mol. The molecule has 208 valence electrons. The van der Waals surface area contributed by atoms with Gasteiger partial charge in [-0.15, -0.1) is 0 Å². The number of aliphatic hydroxyl groups is 1. The van der Waals surface area contributed by atoms with Crippen LogP contribution < -0.4 is 20.5 Å². The predicted molar refractivity (Wildman–Crippen MR) is 138 cm³/mol. The molecule has 2 amide bonds. The van der Waals surface area contributed by atoms with Gasteiger partial charge in [-0.05, 0) is 12.5 Å². The number of benzene rings is 2. The number of nitrogens with zero attached hydrogens (tertiary/aromatic N) is 3. The molecule has 0 radical (unpaired) electrons. The van der Waals surface area contributed by atoms with Gasteiger partial charge in [-0.2, -0.15) is 0 Å². The Morgan fingerprint density at radius 2 is 1.80 bits per heavy atom. The lowest BCUT2D eigenvalue weighted by molar-refractivity contribution is 0.0640. The van der Waals surface area contributed by atoms with E-state index in [0.29, 0.717) is 17.7 Å². The zero-order valence-corrected chi connectivity index (χ0v) is 21.3. The van der Waals surface area contributed by atoms with Crippen LogP contribution in [-0.4, -0.2) is 51.9 Å². The number of aromatic nitrogens is 1. The Morgan fingerprint density at radius 1 is 1.10 bits per heavy atom. The smallest absolute Gasteiger partial charge is 0.278 e. The lowest BCUT2D eigenvalue weighted by Crippen LogP contribution is -2.59. The Labute approximate surface area is 226 Å². The zero-order valence-electron chi connectivity index (χ0n) is 21.3. The molecule has 2 N–H and O–H groups in total. The number of carbonyl (C=O) groups excluding carboxylic acids is 2. The number of hydrogen-bond acceptors (Lipinski definition) is 6. The minimum Gasteiger partial charge on any atom is -0.482 e. The van der Waals surface area contributed by atoms with E-state index < -0.39 is 58.4 Å². The van der Waals surface area contributed by atoms with Crippen LogP contribution in [0.15, 0.2) is 65.6 Å². The Kier molecular flexibility index (Phi) is 7.35. The molecule has 0 saturated carbocycles. The molecule has 2 aliphatic heterocycles. The summed E-state index contributed by atoms with van der Waals surface area (Å²) in [5, 5.41) is 13.9. The molecule has 2 atom stereocenters. The highest BCUT2D eigenvalue weighted by Crippen LogP contribution is 2.28. The Morgan fingerprint density at radius 3 is 2.48 bits per heavy atom. The summed E-state index contributed by atoms with van der Waals surface area (Å²) in [5.74, 6) is -5.42. The average Bonchev–Trinajstić information content (AvgIpc) is 3.07. The maximum absolute atomic E-state index is 14.1. The third-order valence-corrected chi connectivity index (χ3v) is 6.86.